The monoisotopic (exact) mass is 397 g/mol. The molecule has 0 amide bonds. The van der Waals surface area contributed by atoms with Crippen LogP contribution in [0.2, 0.25) is 5.15 Å². The van der Waals surface area contributed by atoms with E-state index >= 15 is 0 Å². The van der Waals surface area contributed by atoms with Crippen molar-refractivity contribution in [2.45, 2.75) is 20.8 Å². The Hall–Kier alpha value is -3.19. The molecule has 1 aromatic carbocycles. The second-order valence-corrected chi connectivity index (χ2v) is 6.43. The lowest BCUT2D eigenvalue weighted by molar-refractivity contribution is 0.0526. The summed E-state index contributed by atoms with van der Waals surface area (Å²) in [6.07, 6.45) is 1.72. The van der Waals surface area contributed by atoms with Crippen LogP contribution in [0.25, 0.3) is 5.69 Å². The normalized spacial score (nSPS) is 11.0. The van der Waals surface area contributed by atoms with E-state index in [2.05, 4.69) is 25.3 Å². The van der Waals surface area contributed by atoms with Gasteiger partial charge in [-0.3, -0.25) is 5.43 Å². The molecule has 2 aromatic heterocycles. The Morgan fingerprint density at radius 3 is 2.61 bits per heavy atom. The Morgan fingerprint density at radius 2 is 1.96 bits per heavy atom. The maximum Gasteiger partial charge on any atom is 0.338 e. The molecule has 0 aliphatic heterocycles. The van der Waals surface area contributed by atoms with E-state index in [4.69, 9.17) is 16.3 Å². The number of aromatic nitrogens is 3. The lowest BCUT2D eigenvalue weighted by Crippen LogP contribution is -2.05. The number of hydrazone groups is 1. The number of ether oxygens (including phenoxy) is 1. The Bertz CT molecular complexity index is 995. The summed E-state index contributed by atoms with van der Waals surface area (Å²) >= 11 is 5.72. The number of aryl methyl sites for hydroxylation is 1. The summed E-state index contributed by atoms with van der Waals surface area (Å²) in [5.41, 5.74) is 7.34. The van der Waals surface area contributed by atoms with E-state index in [0.717, 1.165) is 22.6 Å². The van der Waals surface area contributed by atoms with Crippen LogP contribution in [-0.2, 0) is 4.74 Å². The summed E-state index contributed by atoms with van der Waals surface area (Å²) in [6.45, 7) is 6.17. The molecule has 0 saturated carbocycles. The van der Waals surface area contributed by atoms with Crippen LogP contribution in [-0.4, -0.2) is 33.6 Å². The molecule has 7 nitrogen and oxygen atoms in total. The van der Waals surface area contributed by atoms with Crippen LogP contribution in [0, 0.1) is 13.8 Å². The van der Waals surface area contributed by atoms with Gasteiger partial charge >= 0.3 is 5.97 Å². The van der Waals surface area contributed by atoms with Crippen LogP contribution in [0.3, 0.4) is 0 Å². The molecule has 0 radical (unpaired) electrons. The molecule has 8 heteroatoms. The van der Waals surface area contributed by atoms with E-state index in [1.165, 1.54) is 0 Å². The van der Waals surface area contributed by atoms with Crippen molar-refractivity contribution in [3.8, 4) is 5.69 Å². The van der Waals surface area contributed by atoms with Crippen molar-refractivity contribution in [2.75, 3.05) is 12.0 Å². The summed E-state index contributed by atoms with van der Waals surface area (Å²) in [5, 5.41) is 12.2. The lowest BCUT2D eigenvalue weighted by atomic mass is 10.2. The molecule has 1 N–H and O–H groups in total. The van der Waals surface area contributed by atoms with Gasteiger partial charge in [0.25, 0.3) is 0 Å². The van der Waals surface area contributed by atoms with Gasteiger partial charge < -0.3 is 9.30 Å². The van der Waals surface area contributed by atoms with Gasteiger partial charge in [-0.15, -0.1) is 10.2 Å². The van der Waals surface area contributed by atoms with Crippen molar-refractivity contribution >= 4 is 29.6 Å². The number of anilines is 1. The van der Waals surface area contributed by atoms with Crippen molar-refractivity contribution in [3.63, 3.8) is 0 Å². The third-order valence-corrected chi connectivity index (χ3v) is 4.32. The molecule has 0 bridgehead atoms. The molecule has 28 heavy (non-hydrogen) atoms. The Kier molecular flexibility index (Phi) is 6.06. The SMILES string of the molecule is CCOC(=O)c1ccc(-n2c(C)cc(C=NNc3ccc(Cl)nn3)c2C)cc1. The van der Waals surface area contributed by atoms with Crippen molar-refractivity contribution in [2.24, 2.45) is 5.10 Å². The van der Waals surface area contributed by atoms with Gasteiger partial charge in [-0.2, -0.15) is 5.10 Å². The van der Waals surface area contributed by atoms with Crippen LogP contribution >= 0.6 is 11.6 Å². The van der Waals surface area contributed by atoms with Gasteiger partial charge in [-0.25, -0.2) is 4.79 Å². The van der Waals surface area contributed by atoms with Crippen molar-refractivity contribution < 1.29 is 9.53 Å². The van der Waals surface area contributed by atoms with Gasteiger partial charge in [0, 0.05) is 22.6 Å². The second-order valence-electron chi connectivity index (χ2n) is 6.04. The van der Waals surface area contributed by atoms with Crippen LogP contribution in [0.15, 0.2) is 47.6 Å². The molecule has 3 aromatic rings. The van der Waals surface area contributed by atoms with Crippen LogP contribution in [0.5, 0.6) is 0 Å². The minimum absolute atomic E-state index is 0.320. The average Bonchev–Trinajstić information content (AvgIpc) is 2.97. The summed E-state index contributed by atoms with van der Waals surface area (Å²) in [7, 11) is 0. The molecule has 3 rings (SSSR count). The first-order chi connectivity index (χ1) is 13.5. The molecular formula is C20H20ClN5O2. The number of carbonyl (C=O) groups is 1. The maximum atomic E-state index is 11.8. The van der Waals surface area contributed by atoms with E-state index in [0.29, 0.717) is 23.1 Å². The Balaban J connectivity index is 1.78. The van der Waals surface area contributed by atoms with Gasteiger partial charge in [0.1, 0.15) is 0 Å². The molecule has 0 atom stereocenters. The number of carbonyl (C=O) groups excluding carboxylic acids is 1. The highest BCUT2D eigenvalue weighted by molar-refractivity contribution is 6.29. The molecule has 0 saturated heterocycles. The Labute approximate surface area is 168 Å². The van der Waals surface area contributed by atoms with Gasteiger partial charge in [0.15, 0.2) is 11.0 Å². The molecule has 0 aliphatic carbocycles. The van der Waals surface area contributed by atoms with Crippen LogP contribution < -0.4 is 5.43 Å². The fraction of sp³-hybridized carbons (Fsp3) is 0.200. The predicted octanol–water partition coefficient (Wildman–Crippen LogP) is 4.16. The fourth-order valence-electron chi connectivity index (χ4n) is 2.82. The molecule has 0 unspecified atom stereocenters. The lowest BCUT2D eigenvalue weighted by Gasteiger charge is -2.10. The van der Waals surface area contributed by atoms with Crippen LogP contribution in [0.4, 0.5) is 5.82 Å². The molecule has 0 fully saturated rings. The van der Waals surface area contributed by atoms with Crippen molar-refractivity contribution in [1.82, 2.24) is 14.8 Å². The summed E-state index contributed by atoms with van der Waals surface area (Å²) in [6, 6.07) is 12.7. The fourth-order valence-corrected chi connectivity index (χ4v) is 2.92. The quantitative estimate of drug-likeness (QED) is 0.383. The summed E-state index contributed by atoms with van der Waals surface area (Å²) < 4.78 is 7.12. The van der Waals surface area contributed by atoms with Crippen LogP contribution in [0.1, 0.15) is 34.2 Å². The molecule has 0 spiro atoms. The van der Waals surface area contributed by atoms with E-state index in [9.17, 15) is 4.79 Å². The zero-order valence-corrected chi connectivity index (χ0v) is 16.6. The van der Waals surface area contributed by atoms with E-state index in [-0.39, 0.29) is 5.97 Å². The number of esters is 1. The second kappa shape index (κ2) is 8.67. The van der Waals surface area contributed by atoms with Crippen molar-refractivity contribution in [3.05, 3.63) is 70.1 Å². The highest BCUT2D eigenvalue weighted by Gasteiger charge is 2.11. The average molecular weight is 398 g/mol. The zero-order chi connectivity index (χ0) is 20.1. The molecule has 144 valence electrons. The predicted molar refractivity (Wildman–Crippen MR) is 109 cm³/mol. The third-order valence-electron chi connectivity index (χ3n) is 4.12. The first-order valence-electron chi connectivity index (χ1n) is 8.74. The molecule has 0 aliphatic rings. The summed E-state index contributed by atoms with van der Waals surface area (Å²) in [5.74, 6) is 0.184. The van der Waals surface area contributed by atoms with Gasteiger partial charge in [0.05, 0.1) is 18.4 Å². The third kappa shape index (κ3) is 4.37. The number of benzene rings is 1. The zero-order valence-electron chi connectivity index (χ0n) is 15.8. The number of nitrogens with one attached hydrogen (secondary N) is 1. The molecule has 2 heterocycles. The van der Waals surface area contributed by atoms with E-state index in [1.54, 1.807) is 37.4 Å². The van der Waals surface area contributed by atoms with Gasteiger partial charge in [-0.1, -0.05) is 11.6 Å². The minimum atomic E-state index is -0.320. The number of nitrogens with zero attached hydrogens (tertiary/aromatic N) is 4. The largest absolute Gasteiger partial charge is 0.462 e. The van der Waals surface area contributed by atoms with Crippen molar-refractivity contribution in [1.29, 1.82) is 0 Å². The topological polar surface area (TPSA) is 81.4 Å². The maximum absolute atomic E-state index is 11.8. The first kappa shape index (κ1) is 19.6. The van der Waals surface area contributed by atoms with E-state index < -0.39 is 0 Å². The number of halogens is 1. The first-order valence-corrected chi connectivity index (χ1v) is 9.12. The standard InChI is InChI=1S/C20H20ClN5O2/c1-4-28-20(27)15-5-7-17(8-6-15)26-13(2)11-16(14(26)3)12-22-24-19-10-9-18(21)23-25-19/h5-12H,4H2,1-3H3,(H,24,25). The minimum Gasteiger partial charge on any atom is -0.462 e. The van der Waals surface area contributed by atoms with Gasteiger partial charge in [0.2, 0.25) is 0 Å². The molecular weight excluding hydrogens is 378 g/mol. The summed E-state index contributed by atoms with van der Waals surface area (Å²) in [4.78, 5) is 11.8. The van der Waals surface area contributed by atoms with E-state index in [1.807, 2.05) is 32.0 Å². The highest BCUT2D eigenvalue weighted by Crippen LogP contribution is 2.20. The smallest absolute Gasteiger partial charge is 0.338 e. The van der Waals surface area contributed by atoms with Gasteiger partial charge in [-0.05, 0) is 63.2 Å². The highest BCUT2D eigenvalue weighted by atomic mass is 35.5. The Morgan fingerprint density at radius 1 is 1.21 bits per heavy atom. The number of rotatable bonds is 6. The number of hydrogen-bond donors (Lipinski definition) is 1. The number of hydrogen-bond acceptors (Lipinski definition) is 6.